The van der Waals surface area contributed by atoms with Gasteiger partial charge in [-0.3, -0.25) is 10.2 Å². The van der Waals surface area contributed by atoms with E-state index in [-0.39, 0.29) is 11.1 Å². The second-order valence-electron chi connectivity index (χ2n) is 4.16. The van der Waals surface area contributed by atoms with Gasteiger partial charge in [0.15, 0.2) is 0 Å². The molecule has 0 atom stereocenters. The van der Waals surface area contributed by atoms with Crippen molar-refractivity contribution in [1.29, 1.82) is 5.41 Å². The Hall–Kier alpha value is -1.49. The highest BCUT2D eigenvalue weighted by Gasteiger charge is 2.09. The molecule has 3 N–H and O–H groups in total. The molecule has 0 saturated heterocycles. The number of hydrogen-bond acceptors (Lipinski definition) is 2. The van der Waals surface area contributed by atoms with Gasteiger partial charge in [-0.25, -0.2) is 0 Å². The Labute approximate surface area is 130 Å². The van der Waals surface area contributed by atoms with Crippen molar-refractivity contribution in [3.05, 3.63) is 62.1 Å². The summed E-state index contributed by atoms with van der Waals surface area (Å²) in [4.78, 5) is 11.3. The lowest BCUT2D eigenvalue weighted by Gasteiger charge is -2.10. The molecule has 104 valence electrons. The van der Waals surface area contributed by atoms with Gasteiger partial charge in [0.05, 0.1) is 20.6 Å². The summed E-state index contributed by atoms with van der Waals surface area (Å²) < 4.78 is 1.52. The van der Waals surface area contributed by atoms with E-state index in [2.05, 4.69) is 0 Å². The highest BCUT2D eigenvalue weighted by Crippen LogP contribution is 2.23. The fourth-order valence-electron chi connectivity index (χ4n) is 1.76. The average Bonchev–Trinajstić information content (AvgIpc) is 2.37. The van der Waals surface area contributed by atoms with Crippen LogP contribution in [-0.4, -0.2) is 10.5 Å². The predicted molar refractivity (Wildman–Crippen MR) is 79.4 cm³/mol. The largest absolute Gasteiger partial charge is 0.365 e. The van der Waals surface area contributed by atoms with E-state index >= 15 is 0 Å². The van der Waals surface area contributed by atoms with Gasteiger partial charge in [0.25, 0.3) is 5.91 Å². The first-order valence-electron chi connectivity index (χ1n) is 5.57. The van der Waals surface area contributed by atoms with E-state index in [4.69, 9.17) is 45.9 Å². The van der Waals surface area contributed by atoms with Crippen molar-refractivity contribution < 1.29 is 4.79 Å². The maximum Gasteiger partial charge on any atom is 0.252 e. The molecule has 0 unspecified atom stereocenters. The molecule has 0 saturated carbocycles. The minimum absolute atomic E-state index is 0.00651. The number of rotatable bonds is 3. The number of nitrogens with zero attached hydrogens (tertiary/aromatic N) is 1. The molecule has 4 nitrogen and oxygen atoms in total. The van der Waals surface area contributed by atoms with Crippen molar-refractivity contribution in [2.75, 3.05) is 0 Å². The number of carbonyl (C=O) groups excluding carboxylic acids is 1. The molecule has 0 aliphatic carbocycles. The molecule has 0 aliphatic heterocycles. The third kappa shape index (κ3) is 3.15. The summed E-state index contributed by atoms with van der Waals surface area (Å²) in [6, 6.07) is 6.52. The molecule has 1 amide bonds. The van der Waals surface area contributed by atoms with E-state index < -0.39 is 5.91 Å². The van der Waals surface area contributed by atoms with Crippen LogP contribution in [0, 0.1) is 5.41 Å². The summed E-state index contributed by atoms with van der Waals surface area (Å²) >= 11 is 17.7. The molecular weight excluding hydrogens is 321 g/mol. The van der Waals surface area contributed by atoms with Gasteiger partial charge in [0, 0.05) is 12.7 Å². The molecule has 1 heterocycles. The second-order valence-corrected chi connectivity index (χ2v) is 5.41. The molecule has 1 aromatic carbocycles. The van der Waals surface area contributed by atoms with Crippen molar-refractivity contribution in [3.63, 3.8) is 0 Å². The van der Waals surface area contributed by atoms with Crippen LogP contribution in [0.3, 0.4) is 0 Å². The summed E-state index contributed by atoms with van der Waals surface area (Å²) in [5.41, 5.74) is 6.11. The molecule has 2 rings (SSSR count). The standard InChI is InChI=1S/C13H10Cl3N3O/c14-8-4-9(13(18)20)12(17)19(6-8)5-7-1-2-10(15)11(16)3-7/h1-4,6,17H,5H2,(H2,18,20). The first-order valence-corrected chi connectivity index (χ1v) is 6.70. The van der Waals surface area contributed by atoms with Gasteiger partial charge in [-0.1, -0.05) is 40.9 Å². The van der Waals surface area contributed by atoms with Crippen molar-refractivity contribution >= 4 is 40.7 Å². The normalized spacial score (nSPS) is 10.6. The summed E-state index contributed by atoms with van der Waals surface area (Å²) in [7, 11) is 0. The average molecular weight is 331 g/mol. The summed E-state index contributed by atoms with van der Waals surface area (Å²) in [6.07, 6.45) is 1.55. The number of primary amides is 1. The Bertz CT molecular complexity index is 740. The molecule has 0 radical (unpaired) electrons. The SMILES string of the molecule is N=c1c(C(N)=O)cc(Cl)cn1Cc1ccc(Cl)c(Cl)c1. The molecule has 7 heteroatoms. The first-order chi connectivity index (χ1) is 9.38. The van der Waals surface area contributed by atoms with Gasteiger partial charge in [-0.15, -0.1) is 0 Å². The van der Waals surface area contributed by atoms with E-state index in [0.29, 0.717) is 21.6 Å². The van der Waals surface area contributed by atoms with Crippen LogP contribution in [0.5, 0.6) is 0 Å². The molecule has 2 aromatic rings. The number of aromatic nitrogens is 1. The highest BCUT2D eigenvalue weighted by molar-refractivity contribution is 6.42. The predicted octanol–water partition coefficient (Wildman–Crippen LogP) is 3.07. The van der Waals surface area contributed by atoms with Crippen LogP contribution in [0.4, 0.5) is 0 Å². The Morgan fingerprint density at radius 1 is 1.20 bits per heavy atom. The van der Waals surface area contributed by atoms with Crippen LogP contribution >= 0.6 is 34.8 Å². The number of benzene rings is 1. The molecule has 0 aliphatic rings. The van der Waals surface area contributed by atoms with Crippen molar-refractivity contribution in [2.45, 2.75) is 6.54 Å². The lowest BCUT2D eigenvalue weighted by atomic mass is 10.2. The lowest BCUT2D eigenvalue weighted by Crippen LogP contribution is -2.29. The van der Waals surface area contributed by atoms with E-state index in [1.54, 1.807) is 24.4 Å². The van der Waals surface area contributed by atoms with Crippen LogP contribution < -0.4 is 11.2 Å². The summed E-state index contributed by atoms with van der Waals surface area (Å²) in [6.45, 7) is 0.330. The topological polar surface area (TPSA) is 71.9 Å². The fourth-order valence-corrected chi connectivity index (χ4v) is 2.31. The Kier molecular flexibility index (Phi) is 4.38. The van der Waals surface area contributed by atoms with Gasteiger partial charge in [0.1, 0.15) is 5.49 Å². The summed E-state index contributed by atoms with van der Waals surface area (Å²) in [5.74, 6) is -0.694. The first kappa shape index (κ1) is 14.9. The Morgan fingerprint density at radius 2 is 1.90 bits per heavy atom. The Balaban J connectivity index is 2.45. The van der Waals surface area contributed by atoms with Crippen LogP contribution in [0.25, 0.3) is 0 Å². The van der Waals surface area contributed by atoms with Crippen molar-refractivity contribution in [2.24, 2.45) is 5.73 Å². The smallest absolute Gasteiger partial charge is 0.252 e. The maximum absolute atomic E-state index is 11.3. The zero-order valence-corrected chi connectivity index (χ0v) is 12.4. The van der Waals surface area contributed by atoms with Crippen LogP contribution in [-0.2, 0) is 6.54 Å². The highest BCUT2D eigenvalue weighted by atomic mass is 35.5. The van der Waals surface area contributed by atoms with E-state index in [1.807, 2.05) is 0 Å². The lowest BCUT2D eigenvalue weighted by molar-refractivity contribution is 0.0998. The minimum Gasteiger partial charge on any atom is -0.365 e. The quantitative estimate of drug-likeness (QED) is 0.892. The van der Waals surface area contributed by atoms with Crippen molar-refractivity contribution in [3.8, 4) is 0 Å². The maximum atomic E-state index is 11.3. The summed E-state index contributed by atoms with van der Waals surface area (Å²) in [5, 5.41) is 9.17. The number of hydrogen-bond donors (Lipinski definition) is 2. The molecule has 1 aromatic heterocycles. The number of nitrogens with two attached hydrogens (primary N) is 1. The van der Waals surface area contributed by atoms with Crippen LogP contribution in [0.1, 0.15) is 15.9 Å². The zero-order valence-electron chi connectivity index (χ0n) is 10.2. The number of pyridine rings is 1. The molecule has 20 heavy (non-hydrogen) atoms. The zero-order chi connectivity index (χ0) is 14.9. The fraction of sp³-hybridized carbons (Fsp3) is 0.0769. The van der Waals surface area contributed by atoms with Gasteiger partial charge in [0.2, 0.25) is 0 Å². The van der Waals surface area contributed by atoms with Gasteiger partial charge < -0.3 is 10.3 Å². The second kappa shape index (κ2) is 5.87. The van der Waals surface area contributed by atoms with E-state index in [9.17, 15) is 4.79 Å². The monoisotopic (exact) mass is 329 g/mol. The third-order valence-corrected chi connectivity index (χ3v) is 3.65. The number of amides is 1. The number of nitrogens with one attached hydrogen (secondary N) is 1. The van der Waals surface area contributed by atoms with E-state index in [1.165, 1.54) is 10.6 Å². The Morgan fingerprint density at radius 3 is 2.50 bits per heavy atom. The minimum atomic E-state index is -0.694. The molecular formula is C13H10Cl3N3O. The molecule has 0 spiro atoms. The number of halogens is 3. The van der Waals surface area contributed by atoms with Crippen molar-refractivity contribution in [1.82, 2.24) is 4.57 Å². The third-order valence-electron chi connectivity index (χ3n) is 2.71. The molecule has 0 bridgehead atoms. The number of carbonyl (C=O) groups is 1. The van der Waals surface area contributed by atoms with Gasteiger partial charge in [-0.2, -0.15) is 0 Å². The van der Waals surface area contributed by atoms with Gasteiger partial charge in [-0.05, 0) is 23.8 Å². The molecule has 0 fully saturated rings. The van der Waals surface area contributed by atoms with E-state index in [0.717, 1.165) is 5.56 Å². The van der Waals surface area contributed by atoms with Crippen LogP contribution in [0.2, 0.25) is 15.1 Å². The van der Waals surface area contributed by atoms with Crippen LogP contribution in [0.15, 0.2) is 30.5 Å². The van der Waals surface area contributed by atoms with Gasteiger partial charge >= 0.3 is 0 Å².